The number of hydrogen-bond acceptors (Lipinski definition) is 2. The molecule has 0 saturated carbocycles. The molecular formula is C31H32INO. The summed E-state index contributed by atoms with van der Waals surface area (Å²) in [7, 11) is 0. The highest BCUT2D eigenvalue weighted by molar-refractivity contribution is 14.1. The van der Waals surface area contributed by atoms with Crippen molar-refractivity contribution in [3.63, 3.8) is 0 Å². The average molecular weight is 562 g/mol. The Bertz CT molecular complexity index is 1370. The Morgan fingerprint density at radius 3 is 2.24 bits per heavy atom. The summed E-state index contributed by atoms with van der Waals surface area (Å²) in [4.78, 5) is 2.47. The predicted molar refractivity (Wildman–Crippen MR) is 154 cm³/mol. The molecule has 0 fully saturated rings. The Morgan fingerprint density at radius 2 is 1.53 bits per heavy atom. The van der Waals surface area contributed by atoms with E-state index in [4.69, 9.17) is 4.74 Å². The van der Waals surface area contributed by atoms with Crippen molar-refractivity contribution in [3.05, 3.63) is 94.6 Å². The first-order valence-corrected chi connectivity index (χ1v) is 13.3. The van der Waals surface area contributed by atoms with Crippen LogP contribution in [0.3, 0.4) is 0 Å². The maximum absolute atomic E-state index is 7.14. The van der Waals surface area contributed by atoms with Crippen LogP contribution in [0.1, 0.15) is 45.6 Å². The van der Waals surface area contributed by atoms with Gasteiger partial charge in [0.05, 0.1) is 8.99 Å². The van der Waals surface area contributed by atoms with Crippen LogP contribution in [0.2, 0.25) is 0 Å². The fourth-order valence-electron chi connectivity index (χ4n) is 5.69. The molecule has 0 N–H and O–H groups in total. The molecule has 0 radical (unpaired) electrons. The summed E-state index contributed by atoms with van der Waals surface area (Å²) in [6.07, 6.45) is 5.54. The maximum atomic E-state index is 7.14. The lowest BCUT2D eigenvalue weighted by atomic mass is 9.75. The number of unbranched alkanes of at least 4 members (excludes halogenated alkanes) is 2. The zero-order valence-corrected chi connectivity index (χ0v) is 22.4. The minimum Gasteiger partial charge on any atom is -0.462 e. The lowest BCUT2D eigenvalue weighted by molar-refractivity contribution is 0.0554. The van der Waals surface area contributed by atoms with Gasteiger partial charge in [-0.05, 0) is 88.2 Å². The first-order chi connectivity index (χ1) is 16.4. The standard InChI is InChI=1S/C31H32INO/c1-5-7-12-21-33-26-19-17-22-13-8-10-15-24(22)28(26)30(3,4)31(33,6-2)34-27-20-18-23-14-9-11-16-25(23)29(27)32/h6,8-11,13-20H,2,5,7,12,21H2,1,3-4H3. The molecule has 1 aliphatic rings. The molecule has 1 atom stereocenters. The summed E-state index contributed by atoms with van der Waals surface area (Å²) < 4.78 is 8.28. The van der Waals surface area contributed by atoms with Gasteiger partial charge in [0.1, 0.15) is 5.75 Å². The highest BCUT2D eigenvalue weighted by atomic mass is 127. The van der Waals surface area contributed by atoms with E-state index < -0.39 is 5.72 Å². The monoisotopic (exact) mass is 561 g/mol. The molecule has 4 aromatic rings. The summed E-state index contributed by atoms with van der Waals surface area (Å²) in [5.41, 5.74) is 1.59. The van der Waals surface area contributed by atoms with Crippen molar-refractivity contribution in [2.75, 3.05) is 11.4 Å². The van der Waals surface area contributed by atoms with Crippen molar-refractivity contribution in [1.82, 2.24) is 0 Å². The third-order valence-corrected chi connectivity index (χ3v) is 8.59. The van der Waals surface area contributed by atoms with Gasteiger partial charge in [0.15, 0.2) is 0 Å². The number of hydrogen-bond donors (Lipinski definition) is 0. The number of halogens is 1. The van der Waals surface area contributed by atoms with Crippen LogP contribution >= 0.6 is 22.6 Å². The molecular weight excluding hydrogens is 529 g/mol. The van der Waals surface area contributed by atoms with Crippen LogP contribution in [0.25, 0.3) is 21.5 Å². The first-order valence-electron chi connectivity index (χ1n) is 12.2. The zero-order valence-electron chi connectivity index (χ0n) is 20.3. The molecule has 0 amide bonds. The predicted octanol–water partition coefficient (Wildman–Crippen LogP) is 8.85. The van der Waals surface area contributed by atoms with Crippen LogP contribution in [0.5, 0.6) is 5.75 Å². The molecule has 1 heterocycles. The van der Waals surface area contributed by atoms with E-state index in [0.29, 0.717) is 0 Å². The van der Waals surface area contributed by atoms with E-state index in [1.165, 1.54) is 45.6 Å². The van der Waals surface area contributed by atoms with Gasteiger partial charge in [0.2, 0.25) is 5.72 Å². The lowest BCUT2D eigenvalue weighted by Gasteiger charge is -2.45. The van der Waals surface area contributed by atoms with Crippen LogP contribution in [-0.4, -0.2) is 12.3 Å². The minimum absolute atomic E-state index is 0.314. The van der Waals surface area contributed by atoms with Gasteiger partial charge in [0.25, 0.3) is 0 Å². The Kier molecular flexibility index (Phi) is 6.09. The molecule has 5 rings (SSSR count). The summed E-state index contributed by atoms with van der Waals surface area (Å²) in [5.74, 6) is 0.907. The van der Waals surface area contributed by atoms with Crippen LogP contribution in [-0.2, 0) is 5.41 Å². The largest absolute Gasteiger partial charge is 0.462 e. The van der Waals surface area contributed by atoms with Crippen molar-refractivity contribution < 1.29 is 4.74 Å². The molecule has 0 bridgehead atoms. The van der Waals surface area contributed by atoms with Crippen LogP contribution in [0, 0.1) is 3.57 Å². The Morgan fingerprint density at radius 1 is 0.882 bits per heavy atom. The number of ether oxygens (including phenoxy) is 1. The highest BCUT2D eigenvalue weighted by Crippen LogP contribution is 2.55. The number of nitrogens with zero attached hydrogens (tertiary/aromatic N) is 1. The summed E-state index contributed by atoms with van der Waals surface area (Å²) in [6.45, 7) is 12.2. The molecule has 174 valence electrons. The van der Waals surface area contributed by atoms with E-state index in [-0.39, 0.29) is 5.41 Å². The minimum atomic E-state index is -0.699. The second kappa shape index (κ2) is 8.92. The van der Waals surface area contributed by atoms with Gasteiger partial charge in [-0.2, -0.15) is 0 Å². The fraction of sp³-hybridized carbons (Fsp3) is 0.290. The number of benzene rings is 4. The molecule has 34 heavy (non-hydrogen) atoms. The van der Waals surface area contributed by atoms with Crippen molar-refractivity contribution in [2.24, 2.45) is 0 Å². The second-order valence-corrected chi connectivity index (χ2v) is 10.8. The number of fused-ring (bicyclic) bond motifs is 4. The normalized spacial score (nSPS) is 18.9. The van der Waals surface area contributed by atoms with E-state index in [1.54, 1.807) is 0 Å². The lowest BCUT2D eigenvalue weighted by Crippen LogP contribution is -2.59. The van der Waals surface area contributed by atoms with Gasteiger partial charge in [-0.15, -0.1) is 0 Å². The van der Waals surface area contributed by atoms with Crippen LogP contribution < -0.4 is 9.64 Å². The summed E-state index contributed by atoms with van der Waals surface area (Å²) in [5, 5.41) is 5.01. The van der Waals surface area contributed by atoms with Gasteiger partial charge in [-0.25, -0.2) is 0 Å². The van der Waals surface area contributed by atoms with Gasteiger partial charge in [0, 0.05) is 12.2 Å². The summed E-state index contributed by atoms with van der Waals surface area (Å²) >= 11 is 2.44. The van der Waals surface area contributed by atoms with Gasteiger partial charge < -0.3 is 9.64 Å². The average Bonchev–Trinajstić information content (AvgIpc) is 3.04. The molecule has 1 aliphatic heterocycles. The van der Waals surface area contributed by atoms with Crippen LogP contribution in [0.15, 0.2) is 85.5 Å². The second-order valence-electron chi connectivity index (χ2n) is 9.77. The van der Waals surface area contributed by atoms with E-state index in [0.717, 1.165) is 22.3 Å². The fourth-order valence-corrected chi connectivity index (χ4v) is 6.47. The third kappa shape index (κ3) is 3.43. The van der Waals surface area contributed by atoms with Crippen molar-refractivity contribution in [1.29, 1.82) is 0 Å². The zero-order chi connectivity index (χ0) is 23.9. The van der Waals surface area contributed by atoms with Crippen molar-refractivity contribution >= 4 is 49.8 Å². The molecule has 1 unspecified atom stereocenters. The van der Waals surface area contributed by atoms with E-state index in [9.17, 15) is 0 Å². The van der Waals surface area contributed by atoms with Gasteiger partial charge in [-0.1, -0.05) is 87.0 Å². The molecule has 4 aromatic carbocycles. The molecule has 2 nitrogen and oxygen atoms in total. The summed E-state index contributed by atoms with van der Waals surface area (Å²) in [6, 6.07) is 26.0. The Labute approximate surface area is 216 Å². The SMILES string of the molecule is C=CC1(Oc2ccc3ccccc3c2I)N(CCCCC)c2ccc3ccccc3c2C1(C)C. The highest BCUT2D eigenvalue weighted by Gasteiger charge is 2.58. The molecule has 0 spiro atoms. The van der Waals surface area contributed by atoms with Crippen molar-refractivity contribution in [3.8, 4) is 5.75 Å². The van der Waals surface area contributed by atoms with E-state index in [1.807, 2.05) is 6.08 Å². The first kappa shape index (κ1) is 23.2. The topological polar surface area (TPSA) is 12.5 Å². The molecule has 0 aromatic heterocycles. The van der Waals surface area contributed by atoms with Gasteiger partial charge >= 0.3 is 0 Å². The molecule has 0 saturated heterocycles. The Hall–Kier alpha value is -2.53. The molecule has 3 heteroatoms. The van der Waals surface area contributed by atoms with Crippen LogP contribution in [0.4, 0.5) is 5.69 Å². The molecule has 0 aliphatic carbocycles. The van der Waals surface area contributed by atoms with Crippen molar-refractivity contribution in [2.45, 2.75) is 51.2 Å². The maximum Gasteiger partial charge on any atom is 0.211 e. The van der Waals surface area contributed by atoms with E-state index >= 15 is 0 Å². The smallest absolute Gasteiger partial charge is 0.211 e. The Balaban J connectivity index is 1.71. The van der Waals surface area contributed by atoms with Gasteiger partial charge in [-0.3, -0.25) is 0 Å². The van der Waals surface area contributed by atoms with E-state index in [2.05, 4.69) is 128 Å². The number of rotatable bonds is 7. The third-order valence-electron chi connectivity index (χ3n) is 7.47. The quantitative estimate of drug-likeness (QED) is 0.127. The number of anilines is 1.